The van der Waals surface area contributed by atoms with E-state index < -0.39 is 0 Å². The molecule has 0 saturated carbocycles. The smallest absolute Gasteiger partial charge is 0.160 e. The summed E-state index contributed by atoms with van der Waals surface area (Å²) in [6.45, 7) is 3.20. The van der Waals surface area contributed by atoms with Gasteiger partial charge in [0.05, 0.1) is 5.69 Å². The van der Waals surface area contributed by atoms with Crippen LogP contribution < -0.4 is 5.32 Å². The van der Waals surface area contributed by atoms with E-state index in [1.807, 2.05) is 12.1 Å². The maximum absolute atomic E-state index is 11.4. The lowest BCUT2D eigenvalue weighted by Gasteiger charge is -2.12. The Bertz CT molecular complexity index is 621. The molecule has 0 aliphatic carbocycles. The molecule has 0 radical (unpaired) electrons. The van der Waals surface area contributed by atoms with E-state index in [0.717, 1.165) is 5.69 Å². The maximum atomic E-state index is 11.4. The van der Waals surface area contributed by atoms with Gasteiger partial charge in [0.25, 0.3) is 0 Å². The molecule has 0 unspecified atom stereocenters. The van der Waals surface area contributed by atoms with Crippen molar-refractivity contribution >= 4 is 28.8 Å². The van der Waals surface area contributed by atoms with Gasteiger partial charge in [0.1, 0.15) is 5.75 Å². The molecule has 0 amide bonds. The van der Waals surface area contributed by atoms with Crippen molar-refractivity contribution in [3.63, 3.8) is 0 Å². The average Bonchev–Trinajstić information content (AvgIpc) is 2.37. The van der Waals surface area contributed by atoms with Gasteiger partial charge in [-0.1, -0.05) is 11.6 Å². The fraction of sp³-hybridized carbons (Fsp3) is 0.133. The summed E-state index contributed by atoms with van der Waals surface area (Å²) in [5, 5.41) is 13.8. The van der Waals surface area contributed by atoms with Gasteiger partial charge < -0.3 is 10.4 Å². The molecule has 0 atom stereocenters. The summed E-state index contributed by atoms with van der Waals surface area (Å²) in [6, 6.07) is 10.5. The minimum Gasteiger partial charge on any atom is -0.505 e. The Labute approximate surface area is 116 Å². The van der Waals surface area contributed by atoms with Gasteiger partial charge in [0.15, 0.2) is 5.78 Å². The number of carbonyl (C=O) groups is 1. The zero-order chi connectivity index (χ0) is 14.0. The molecule has 0 saturated heterocycles. The maximum Gasteiger partial charge on any atom is 0.160 e. The minimum atomic E-state index is -0.0640. The van der Waals surface area contributed by atoms with E-state index in [9.17, 15) is 9.90 Å². The van der Waals surface area contributed by atoms with E-state index in [-0.39, 0.29) is 11.5 Å². The van der Waals surface area contributed by atoms with E-state index in [1.165, 1.54) is 6.92 Å². The normalized spacial score (nSPS) is 10.3. The SMILES string of the molecule is CC(=O)c1ccc(Nc2ccc(Cl)cc2)c(O)c1C. The molecule has 3 nitrogen and oxygen atoms in total. The number of hydrogen-bond acceptors (Lipinski definition) is 3. The van der Waals surface area contributed by atoms with Crippen LogP contribution in [0.5, 0.6) is 5.75 Å². The van der Waals surface area contributed by atoms with Crippen LogP contribution in [-0.4, -0.2) is 10.9 Å². The molecule has 0 aliphatic heterocycles. The van der Waals surface area contributed by atoms with E-state index >= 15 is 0 Å². The number of aromatic hydroxyl groups is 1. The largest absolute Gasteiger partial charge is 0.505 e. The first-order valence-electron chi connectivity index (χ1n) is 5.85. The topological polar surface area (TPSA) is 49.3 Å². The molecule has 0 aliphatic rings. The van der Waals surface area contributed by atoms with E-state index in [1.54, 1.807) is 31.2 Å². The Morgan fingerprint density at radius 2 is 1.79 bits per heavy atom. The van der Waals surface area contributed by atoms with Crippen molar-refractivity contribution in [1.82, 2.24) is 0 Å². The van der Waals surface area contributed by atoms with E-state index in [2.05, 4.69) is 5.32 Å². The van der Waals surface area contributed by atoms with Crippen LogP contribution in [0.1, 0.15) is 22.8 Å². The van der Waals surface area contributed by atoms with Crippen molar-refractivity contribution in [1.29, 1.82) is 0 Å². The molecule has 0 aromatic heterocycles. The Kier molecular flexibility index (Phi) is 3.76. The molecule has 0 bridgehead atoms. The molecule has 2 rings (SSSR count). The van der Waals surface area contributed by atoms with Crippen molar-refractivity contribution in [3.05, 3.63) is 52.5 Å². The number of nitrogens with one attached hydrogen (secondary N) is 1. The first-order chi connectivity index (χ1) is 8.99. The number of rotatable bonds is 3. The van der Waals surface area contributed by atoms with Gasteiger partial charge in [-0.2, -0.15) is 0 Å². The number of Topliss-reactive ketones (excluding diaryl/α,β-unsaturated/α-hetero) is 1. The highest BCUT2D eigenvalue weighted by Crippen LogP contribution is 2.32. The van der Waals surface area contributed by atoms with Crippen LogP contribution in [-0.2, 0) is 0 Å². The third kappa shape index (κ3) is 2.88. The van der Waals surface area contributed by atoms with Gasteiger partial charge in [-0.25, -0.2) is 0 Å². The van der Waals surface area contributed by atoms with E-state index in [0.29, 0.717) is 21.8 Å². The van der Waals surface area contributed by atoms with Gasteiger partial charge in [-0.15, -0.1) is 0 Å². The minimum absolute atomic E-state index is 0.0640. The number of anilines is 2. The van der Waals surface area contributed by atoms with Crippen LogP contribution in [0, 0.1) is 6.92 Å². The van der Waals surface area contributed by atoms with Crippen molar-refractivity contribution in [2.45, 2.75) is 13.8 Å². The summed E-state index contributed by atoms with van der Waals surface area (Å²) in [6.07, 6.45) is 0. The Hall–Kier alpha value is -2.00. The highest BCUT2D eigenvalue weighted by Gasteiger charge is 2.11. The highest BCUT2D eigenvalue weighted by molar-refractivity contribution is 6.30. The predicted molar refractivity (Wildman–Crippen MR) is 77.6 cm³/mol. The van der Waals surface area contributed by atoms with Gasteiger partial charge in [0, 0.05) is 21.8 Å². The summed E-state index contributed by atoms with van der Waals surface area (Å²) in [7, 11) is 0. The lowest BCUT2D eigenvalue weighted by molar-refractivity contribution is 0.101. The second-order valence-electron chi connectivity index (χ2n) is 4.32. The van der Waals surface area contributed by atoms with Gasteiger partial charge in [-0.05, 0) is 50.2 Å². The number of carbonyl (C=O) groups excluding carboxylic acids is 1. The quantitative estimate of drug-likeness (QED) is 0.648. The van der Waals surface area contributed by atoms with Gasteiger partial charge in [-0.3, -0.25) is 4.79 Å². The number of phenolic OH excluding ortho intramolecular Hbond substituents is 1. The number of benzene rings is 2. The summed E-state index contributed by atoms with van der Waals surface area (Å²) >= 11 is 5.81. The molecule has 0 heterocycles. The van der Waals surface area contributed by atoms with Gasteiger partial charge >= 0.3 is 0 Å². The van der Waals surface area contributed by atoms with Crippen LogP contribution in [0.2, 0.25) is 5.02 Å². The standard InChI is InChI=1S/C15H14ClNO2/c1-9-13(10(2)18)7-8-14(15(9)19)17-12-5-3-11(16)4-6-12/h3-8,17,19H,1-2H3. The second-order valence-corrected chi connectivity index (χ2v) is 4.76. The monoisotopic (exact) mass is 275 g/mol. The summed E-state index contributed by atoms with van der Waals surface area (Å²) < 4.78 is 0. The first kappa shape index (κ1) is 13.4. The predicted octanol–water partition coefficient (Wildman–Crippen LogP) is 4.30. The first-order valence-corrected chi connectivity index (χ1v) is 6.23. The molecule has 0 fully saturated rings. The molecular weight excluding hydrogens is 262 g/mol. The molecule has 19 heavy (non-hydrogen) atoms. The van der Waals surface area contributed by atoms with Crippen LogP contribution in [0.3, 0.4) is 0 Å². The number of hydrogen-bond donors (Lipinski definition) is 2. The molecular formula is C15H14ClNO2. The third-order valence-corrected chi connectivity index (χ3v) is 3.19. The number of phenols is 1. The molecule has 0 spiro atoms. The number of halogens is 1. The molecule has 2 N–H and O–H groups in total. The van der Waals surface area contributed by atoms with Crippen molar-refractivity contribution in [2.75, 3.05) is 5.32 Å². The fourth-order valence-electron chi connectivity index (χ4n) is 1.87. The van der Waals surface area contributed by atoms with Gasteiger partial charge in [0.2, 0.25) is 0 Å². The molecule has 4 heteroatoms. The summed E-state index contributed by atoms with van der Waals surface area (Å²) in [5.41, 5.74) is 2.48. The fourth-order valence-corrected chi connectivity index (χ4v) is 2.00. The Balaban J connectivity index is 2.34. The molecule has 2 aromatic rings. The van der Waals surface area contributed by atoms with E-state index in [4.69, 9.17) is 11.6 Å². The molecule has 2 aromatic carbocycles. The summed E-state index contributed by atoms with van der Waals surface area (Å²) in [4.78, 5) is 11.4. The zero-order valence-electron chi connectivity index (χ0n) is 10.7. The number of ketones is 1. The Morgan fingerprint density at radius 1 is 1.16 bits per heavy atom. The Morgan fingerprint density at radius 3 is 2.37 bits per heavy atom. The summed E-state index contributed by atoms with van der Waals surface area (Å²) in [5.74, 6) is 0.0218. The van der Waals surface area contributed by atoms with Crippen molar-refractivity contribution in [3.8, 4) is 5.75 Å². The van der Waals surface area contributed by atoms with Crippen molar-refractivity contribution in [2.24, 2.45) is 0 Å². The lowest BCUT2D eigenvalue weighted by atomic mass is 10.0. The lowest BCUT2D eigenvalue weighted by Crippen LogP contribution is -1.99. The molecule has 98 valence electrons. The highest BCUT2D eigenvalue weighted by atomic mass is 35.5. The van der Waals surface area contributed by atoms with Crippen molar-refractivity contribution < 1.29 is 9.90 Å². The zero-order valence-corrected chi connectivity index (χ0v) is 11.5. The second kappa shape index (κ2) is 5.33. The van der Waals surface area contributed by atoms with Crippen LogP contribution in [0.15, 0.2) is 36.4 Å². The van der Waals surface area contributed by atoms with Crippen LogP contribution in [0.25, 0.3) is 0 Å². The average molecular weight is 276 g/mol. The van der Waals surface area contributed by atoms with Crippen LogP contribution in [0.4, 0.5) is 11.4 Å². The third-order valence-electron chi connectivity index (χ3n) is 2.93. The van der Waals surface area contributed by atoms with Crippen LogP contribution >= 0.6 is 11.6 Å².